The van der Waals surface area contributed by atoms with Crippen LogP contribution in [0, 0.1) is 0 Å². The maximum Gasteiger partial charge on any atom is 0.155 e. The van der Waals surface area contributed by atoms with Crippen LogP contribution in [0.4, 0.5) is 0 Å². The number of aliphatic hydroxyl groups excluding tert-OH is 1. The minimum Gasteiger partial charge on any atom is -0.493 e. The van der Waals surface area contributed by atoms with E-state index in [1.54, 1.807) is 0 Å². The van der Waals surface area contributed by atoms with Gasteiger partial charge in [-0.05, 0) is 11.6 Å². The van der Waals surface area contributed by atoms with Gasteiger partial charge in [0.2, 0.25) is 0 Å². The van der Waals surface area contributed by atoms with Crippen LogP contribution < -0.4 is 4.74 Å². The van der Waals surface area contributed by atoms with Crippen molar-refractivity contribution in [3.63, 3.8) is 0 Å². The van der Waals surface area contributed by atoms with Gasteiger partial charge >= 0.3 is 0 Å². The first-order chi connectivity index (χ1) is 6.27. The van der Waals surface area contributed by atoms with Crippen molar-refractivity contribution >= 4 is 0 Å². The predicted octanol–water partition coefficient (Wildman–Crippen LogP) is 0.475. The first-order valence-electron chi connectivity index (χ1n) is 4.37. The van der Waals surface area contributed by atoms with Gasteiger partial charge in [0.15, 0.2) is 6.29 Å². The Morgan fingerprint density at radius 2 is 2.23 bits per heavy atom. The first-order valence-corrected chi connectivity index (χ1v) is 4.37. The molecule has 2 rings (SSSR count). The van der Waals surface area contributed by atoms with Crippen LogP contribution in [-0.4, -0.2) is 23.1 Å². The van der Waals surface area contributed by atoms with Crippen LogP contribution in [-0.2, 0) is 12.8 Å². The predicted molar refractivity (Wildman–Crippen MR) is 47.6 cm³/mol. The zero-order chi connectivity index (χ0) is 9.26. The summed E-state index contributed by atoms with van der Waals surface area (Å²) in [6.45, 7) is 0.702. The Morgan fingerprint density at radius 3 is 3.00 bits per heavy atom. The topological polar surface area (TPSA) is 49.7 Å². The Morgan fingerprint density at radius 1 is 1.38 bits per heavy atom. The molecule has 0 unspecified atom stereocenters. The van der Waals surface area contributed by atoms with Gasteiger partial charge in [-0.25, -0.2) is 0 Å². The number of ether oxygens (including phenoxy) is 1. The van der Waals surface area contributed by atoms with Crippen LogP contribution in [0.25, 0.3) is 0 Å². The van der Waals surface area contributed by atoms with E-state index in [1.807, 2.05) is 18.2 Å². The zero-order valence-corrected chi connectivity index (χ0v) is 7.23. The average Bonchev–Trinajstić information content (AvgIpc) is 2.51. The molecule has 0 fully saturated rings. The van der Waals surface area contributed by atoms with Gasteiger partial charge in [0.25, 0.3) is 0 Å². The second-order valence-corrected chi connectivity index (χ2v) is 3.18. The molecule has 0 saturated heterocycles. The summed E-state index contributed by atoms with van der Waals surface area (Å²) in [5, 5.41) is 17.7. The lowest BCUT2D eigenvalue weighted by Crippen LogP contribution is -2.09. The third-order valence-electron chi connectivity index (χ3n) is 2.24. The molecule has 0 bridgehead atoms. The molecule has 1 aliphatic rings. The Bertz CT molecular complexity index is 307. The summed E-state index contributed by atoms with van der Waals surface area (Å²) in [6, 6.07) is 5.70. The maximum absolute atomic E-state index is 8.85. The first kappa shape index (κ1) is 8.53. The van der Waals surface area contributed by atoms with Crippen LogP contribution in [0.2, 0.25) is 0 Å². The molecule has 3 heteroatoms. The Kier molecular flexibility index (Phi) is 2.20. The number of fused-ring (bicyclic) bond motifs is 1. The van der Waals surface area contributed by atoms with E-state index in [1.165, 1.54) is 0 Å². The highest BCUT2D eigenvalue weighted by atomic mass is 16.5. The molecule has 1 aliphatic heterocycles. The molecule has 0 amide bonds. The standard InChI is InChI=1S/C10H12O3/c11-10(12)6-7-2-1-3-9-8(7)4-5-13-9/h1-3,10-12H,4-6H2. The van der Waals surface area contributed by atoms with Crippen molar-refractivity contribution in [2.75, 3.05) is 6.61 Å². The highest BCUT2D eigenvalue weighted by molar-refractivity contribution is 5.42. The van der Waals surface area contributed by atoms with E-state index in [4.69, 9.17) is 14.9 Å². The summed E-state index contributed by atoms with van der Waals surface area (Å²) >= 11 is 0. The lowest BCUT2D eigenvalue weighted by Gasteiger charge is -2.07. The Balaban J connectivity index is 2.30. The smallest absolute Gasteiger partial charge is 0.155 e. The van der Waals surface area contributed by atoms with Crippen molar-refractivity contribution < 1.29 is 14.9 Å². The highest BCUT2D eigenvalue weighted by Crippen LogP contribution is 2.28. The lowest BCUT2D eigenvalue weighted by molar-refractivity contribution is -0.0382. The van der Waals surface area contributed by atoms with Gasteiger partial charge in [0.1, 0.15) is 5.75 Å². The van der Waals surface area contributed by atoms with Gasteiger partial charge in [0.05, 0.1) is 6.61 Å². The van der Waals surface area contributed by atoms with Crippen LogP contribution in [0.1, 0.15) is 11.1 Å². The van der Waals surface area contributed by atoms with Crippen molar-refractivity contribution in [3.8, 4) is 5.75 Å². The van der Waals surface area contributed by atoms with E-state index < -0.39 is 6.29 Å². The molecule has 1 aromatic rings. The van der Waals surface area contributed by atoms with Gasteiger partial charge in [0, 0.05) is 18.4 Å². The molecule has 0 radical (unpaired) electrons. The fourth-order valence-corrected chi connectivity index (χ4v) is 1.68. The zero-order valence-electron chi connectivity index (χ0n) is 7.23. The molecule has 1 heterocycles. The molecule has 13 heavy (non-hydrogen) atoms. The third kappa shape index (κ3) is 1.66. The minimum atomic E-state index is -1.27. The van der Waals surface area contributed by atoms with Gasteiger partial charge in [-0.15, -0.1) is 0 Å². The second kappa shape index (κ2) is 3.36. The maximum atomic E-state index is 8.85. The normalized spacial score (nSPS) is 14.4. The summed E-state index contributed by atoms with van der Waals surface area (Å²) in [7, 11) is 0. The fourth-order valence-electron chi connectivity index (χ4n) is 1.68. The molecular formula is C10H12O3. The fraction of sp³-hybridized carbons (Fsp3) is 0.400. The SMILES string of the molecule is OC(O)Cc1cccc2c1CCO2. The summed E-state index contributed by atoms with van der Waals surface area (Å²) in [5.41, 5.74) is 2.10. The van der Waals surface area contributed by atoms with Crippen LogP contribution >= 0.6 is 0 Å². The number of rotatable bonds is 2. The molecule has 0 saturated carbocycles. The number of aliphatic hydroxyl groups is 2. The number of hydrogen-bond donors (Lipinski definition) is 2. The van der Waals surface area contributed by atoms with Crippen LogP contribution in [0.15, 0.2) is 18.2 Å². The largest absolute Gasteiger partial charge is 0.493 e. The van der Waals surface area contributed by atoms with E-state index >= 15 is 0 Å². The monoisotopic (exact) mass is 180 g/mol. The highest BCUT2D eigenvalue weighted by Gasteiger charge is 2.16. The Hall–Kier alpha value is -1.06. The van der Waals surface area contributed by atoms with Crippen molar-refractivity contribution in [1.82, 2.24) is 0 Å². The molecule has 70 valence electrons. The van der Waals surface area contributed by atoms with Gasteiger partial charge in [-0.1, -0.05) is 12.1 Å². The molecule has 1 aromatic carbocycles. The molecule has 0 spiro atoms. The molecule has 0 aromatic heterocycles. The molecular weight excluding hydrogens is 168 g/mol. The van der Waals surface area contributed by atoms with E-state index in [0.29, 0.717) is 6.61 Å². The van der Waals surface area contributed by atoms with Crippen LogP contribution in [0.5, 0.6) is 5.75 Å². The summed E-state index contributed by atoms with van der Waals surface area (Å²) in [4.78, 5) is 0. The van der Waals surface area contributed by atoms with Gasteiger partial charge < -0.3 is 14.9 Å². The lowest BCUT2D eigenvalue weighted by atomic mass is 10.0. The number of benzene rings is 1. The summed E-state index contributed by atoms with van der Waals surface area (Å²) < 4.78 is 5.36. The molecule has 2 N–H and O–H groups in total. The average molecular weight is 180 g/mol. The van der Waals surface area contributed by atoms with E-state index in [9.17, 15) is 0 Å². The van der Waals surface area contributed by atoms with Crippen molar-refractivity contribution in [2.45, 2.75) is 19.1 Å². The Labute approximate surface area is 76.6 Å². The van der Waals surface area contributed by atoms with E-state index in [0.717, 1.165) is 23.3 Å². The van der Waals surface area contributed by atoms with Crippen molar-refractivity contribution in [2.24, 2.45) is 0 Å². The quantitative estimate of drug-likeness (QED) is 0.651. The van der Waals surface area contributed by atoms with Gasteiger partial charge in [-0.2, -0.15) is 0 Å². The van der Waals surface area contributed by atoms with E-state index in [2.05, 4.69) is 0 Å². The molecule has 3 nitrogen and oxygen atoms in total. The third-order valence-corrected chi connectivity index (χ3v) is 2.24. The molecule has 0 aliphatic carbocycles. The van der Waals surface area contributed by atoms with Crippen LogP contribution in [0.3, 0.4) is 0 Å². The van der Waals surface area contributed by atoms with Crippen molar-refractivity contribution in [3.05, 3.63) is 29.3 Å². The summed E-state index contributed by atoms with van der Waals surface area (Å²) in [5.74, 6) is 0.887. The second-order valence-electron chi connectivity index (χ2n) is 3.18. The minimum absolute atomic E-state index is 0.284. The van der Waals surface area contributed by atoms with Gasteiger partial charge in [-0.3, -0.25) is 0 Å². The summed E-state index contributed by atoms with van der Waals surface area (Å²) in [6.07, 6.45) is -0.114. The number of hydrogen-bond acceptors (Lipinski definition) is 3. The molecule has 0 atom stereocenters. The van der Waals surface area contributed by atoms with E-state index in [-0.39, 0.29) is 6.42 Å². The van der Waals surface area contributed by atoms with Crippen molar-refractivity contribution in [1.29, 1.82) is 0 Å².